The summed E-state index contributed by atoms with van der Waals surface area (Å²) in [5.41, 5.74) is 5.44. The molecule has 1 saturated heterocycles. The van der Waals surface area contributed by atoms with Crippen molar-refractivity contribution in [3.63, 3.8) is 0 Å². The third-order valence-corrected chi connectivity index (χ3v) is 6.09. The molecule has 14 heavy (non-hydrogen) atoms. The second kappa shape index (κ2) is 3.20. The molecule has 5 nitrogen and oxygen atoms in total. The highest BCUT2D eigenvalue weighted by Gasteiger charge is 2.55. The smallest absolute Gasteiger partial charge is 0.321 e. The summed E-state index contributed by atoms with van der Waals surface area (Å²) in [4.78, 5) is 10.7. The van der Waals surface area contributed by atoms with Gasteiger partial charge < -0.3 is 10.8 Å². The van der Waals surface area contributed by atoms with Gasteiger partial charge in [0.2, 0.25) is 0 Å². The lowest BCUT2D eigenvalue weighted by atomic mass is 9.91. The molecule has 0 spiro atoms. The van der Waals surface area contributed by atoms with Gasteiger partial charge in [0.25, 0.3) is 0 Å². The Morgan fingerprint density at radius 2 is 2.07 bits per heavy atom. The van der Waals surface area contributed by atoms with E-state index >= 15 is 0 Å². The molecular weight excluding hydrogens is 206 g/mol. The van der Waals surface area contributed by atoms with Crippen LogP contribution in [0.5, 0.6) is 0 Å². The van der Waals surface area contributed by atoms with Crippen molar-refractivity contribution in [3.8, 4) is 0 Å². The third-order valence-electron chi connectivity index (χ3n) is 3.15. The predicted molar refractivity (Wildman–Crippen MR) is 51.6 cm³/mol. The second-order valence-electron chi connectivity index (χ2n) is 4.14. The molecule has 0 aromatic rings. The van der Waals surface area contributed by atoms with E-state index in [4.69, 9.17) is 10.8 Å². The number of nitrogens with two attached hydrogens (primary N) is 1. The highest BCUT2D eigenvalue weighted by atomic mass is 32.2. The molecule has 0 aliphatic carbocycles. The summed E-state index contributed by atoms with van der Waals surface area (Å²) in [6, 6.07) is 0. The zero-order chi connectivity index (χ0) is 11.1. The Kier molecular flexibility index (Phi) is 2.62. The van der Waals surface area contributed by atoms with Crippen LogP contribution in [0, 0.1) is 5.92 Å². The molecule has 1 rings (SSSR count). The minimum atomic E-state index is -3.61. The second-order valence-corrected chi connectivity index (χ2v) is 6.85. The lowest BCUT2D eigenvalue weighted by Crippen LogP contribution is -2.39. The Morgan fingerprint density at radius 3 is 2.29 bits per heavy atom. The Labute approximate surface area is 83.2 Å². The highest BCUT2D eigenvalue weighted by molar-refractivity contribution is 7.94. The summed E-state index contributed by atoms with van der Waals surface area (Å²) in [7, 11) is -3.61. The van der Waals surface area contributed by atoms with E-state index in [1.807, 2.05) is 0 Å². The lowest BCUT2D eigenvalue weighted by Gasteiger charge is -2.23. The Hall–Kier alpha value is -0.620. The van der Waals surface area contributed by atoms with Crippen LogP contribution >= 0.6 is 0 Å². The first-order valence-electron chi connectivity index (χ1n) is 4.41. The van der Waals surface area contributed by atoms with E-state index in [-0.39, 0.29) is 18.9 Å². The molecule has 1 aliphatic rings. The van der Waals surface area contributed by atoms with Crippen LogP contribution in [-0.4, -0.2) is 36.0 Å². The van der Waals surface area contributed by atoms with Crippen LogP contribution in [0.3, 0.4) is 0 Å². The molecule has 2 unspecified atom stereocenters. The van der Waals surface area contributed by atoms with Crippen molar-refractivity contribution in [1.29, 1.82) is 0 Å². The lowest BCUT2D eigenvalue weighted by molar-refractivity contribution is -0.136. The average molecular weight is 221 g/mol. The molecule has 0 amide bonds. The molecule has 0 radical (unpaired) electrons. The molecule has 1 heterocycles. The van der Waals surface area contributed by atoms with E-state index in [9.17, 15) is 13.2 Å². The maximum atomic E-state index is 11.8. The molecule has 3 N–H and O–H groups in total. The first-order valence-corrected chi connectivity index (χ1v) is 5.96. The fourth-order valence-electron chi connectivity index (χ4n) is 1.88. The third kappa shape index (κ3) is 1.33. The summed E-state index contributed by atoms with van der Waals surface area (Å²) < 4.78 is 22.6. The number of hydrogen-bond acceptors (Lipinski definition) is 4. The molecule has 1 fully saturated rings. The summed E-state index contributed by atoms with van der Waals surface area (Å²) in [6.07, 6.45) is 0.126. The van der Waals surface area contributed by atoms with Crippen LogP contribution in [0.1, 0.15) is 20.3 Å². The van der Waals surface area contributed by atoms with Gasteiger partial charge in [0.15, 0.2) is 15.1 Å². The molecule has 1 aliphatic heterocycles. The largest absolute Gasteiger partial charge is 0.480 e. The number of hydrogen-bond donors (Lipinski definition) is 2. The Morgan fingerprint density at radius 1 is 1.57 bits per heavy atom. The zero-order valence-electron chi connectivity index (χ0n) is 8.23. The zero-order valence-corrected chi connectivity index (χ0v) is 9.04. The fraction of sp³-hybridized carbons (Fsp3) is 0.875. The topological polar surface area (TPSA) is 97.5 Å². The van der Waals surface area contributed by atoms with Crippen LogP contribution in [0.4, 0.5) is 0 Å². The quantitative estimate of drug-likeness (QED) is 0.662. The number of rotatable bonds is 2. The summed E-state index contributed by atoms with van der Waals surface area (Å²) in [5.74, 6) is -1.54. The van der Waals surface area contributed by atoms with Crippen molar-refractivity contribution in [1.82, 2.24) is 0 Å². The Balaban J connectivity index is 3.18. The summed E-state index contributed by atoms with van der Waals surface area (Å²) in [5, 5.41) is 7.49. The first-order chi connectivity index (χ1) is 6.25. The van der Waals surface area contributed by atoms with Crippen LogP contribution in [0.15, 0.2) is 0 Å². The van der Waals surface area contributed by atoms with E-state index in [2.05, 4.69) is 0 Å². The van der Waals surface area contributed by atoms with Crippen molar-refractivity contribution < 1.29 is 18.3 Å². The standard InChI is InChI=1S/C8H15NO4S/c1-8(2)5(4-9)3-6(7(10)11)14(8,12)13/h5-6H,3-4,9H2,1-2H3,(H,10,11). The molecule has 0 bridgehead atoms. The number of carboxylic acid groups (broad SMARTS) is 1. The number of carbonyl (C=O) groups is 1. The van der Waals surface area contributed by atoms with Crippen molar-refractivity contribution in [3.05, 3.63) is 0 Å². The van der Waals surface area contributed by atoms with Gasteiger partial charge in [-0.2, -0.15) is 0 Å². The minimum Gasteiger partial charge on any atom is -0.480 e. The van der Waals surface area contributed by atoms with Crippen LogP contribution in [0.2, 0.25) is 0 Å². The predicted octanol–water partition coefficient (Wildman–Crippen LogP) is -0.388. The van der Waals surface area contributed by atoms with Crippen molar-refractivity contribution in [2.45, 2.75) is 30.3 Å². The molecule has 2 atom stereocenters. The molecule has 82 valence electrons. The monoisotopic (exact) mass is 221 g/mol. The summed E-state index contributed by atoms with van der Waals surface area (Å²) >= 11 is 0. The molecular formula is C8H15NO4S. The van der Waals surface area contributed by atoms with E-state index in [0.717, 1.165) is 0 Å². The van der Waals surface area contributed by atoms with Gasteiger partial charge in [-0.15, -0.1) is 0 Å². The van der Waals surface area contributed by atoms with Crippen LogP contribution in [-0.2, 0) is 14.6 Å². The van der Waals surface area contributed by atoms with Crippen LogP contribution < -0.4 is 5.73 Å². The Bertz CT molecular complexity index is 346. The van der Waals surface area contributed by atoms with Gasteiger partial charge in [-0.1, -0.05) is 0 Å². The van der Waals surface area contributed by atoms with E-state index in [0.29, 0.717) is 0 Å². The normalized spacial score (nSPS) is 34.2. The van der Waals surface area contributed by atoms with Crippen molar-refractivity contribution in [2.75, 3.05) is 6.54 Å². The number of sulfone groups is 1. The molecule has 0 saturated carbocycles. The van der Waals surface area contributed by atoms with E-state index < -0.39 is 25.8 Å². The van der Waals surface area contributed by atoms with Gasteiger partial charge in [-0.25, -0.2) is 8.42 Å². The van der Waals surface area contributed by atoms with Crippen molar-refractivity contribution in [2.24, 2.45) is 11.7 Å². The first kappa shape index (κ1) is 11.5. The van der Waals surface area contributed by atoms with Gasteiger partial charge in [0.1, 0.15) is 0 Å². The van der Waals surface area contributed by atoms with E-state index in [1.165, 1.54) is 0 Å². The van der Waals surface area contributed by atoms with Gasteiger partial charge in [-0.3, -0.25) is 4.79 Å². The maximum Gasteiger partial charge on any atom is 0.321 e. The number of aliphatic carboxylic acids is 1. The minimum absolute atomic E-state index is 0.126. The van der Waals surface area contributed by atoms with Crippen molar-refractivity contribution >= 4 is 15.8 Å². The van der Waals surface area contributed by atoms with Crippen LogP contribution in [0.25, 0.3) is 0 Å². The molecule has 6 heteroatoms. The van der Waals surface area contributed by atoms with Gasteiger partial charge >= 0.3 is 5.97 Å². The van der Waals surface area contributed by atoms with Gasteiger partial charge in [-0.05, 0) is 32.7 Å². The highest BCUT2D eigenvalue weighted by Crippen LogP contribution is 2.41. The maximum absolute atomic E-state index is 11.8. The molecule has 0 aromatic carbocycles. The number of carboxylic acids is 1. The molecule has 0 aromatic heterocycles. The van der Waals surface area contributed by atoms with Gasteiger partial charge in [0.05, 0.1) is 4.75 Å². The fourth-order valence-corrected chi connectivity index (χ4v) is 4.02. The van der Waals surface area contributed by atoms with Gasteiger partial charge in [0, 0.05) is 0 Å². The van der Waals surface area contributed by atoms with E-state index in [1.54, 1.807) is 13.8 Å². The SMILES string of the molecule is CC1(C)C(CN)CC(C(=O)O)S1(=O)=O. The summed E-state index contributed by atoms with van der Waals surface area (Å²) in [6.45, 7) is 3.29. The average Bonchev–Trinajstić information content (AvgIpc) is 2.20.